The predicted molar refractivity (Wildman–Crippen MR) is 76.9 cm³/mol. The molecule has 1 saturated heterocycles. The molecule has 20 heavy (non-hydrogen) atoms. The zero-order chi connectivity index (χ0) is 14.7. The highest BCUT2D eigenvalue weighted by atomic mass is 35.5. The number of amides is 1. The second-order valence-corrected chi connectivity index (χ2v) is 5.24. The van der Waals surface area contributed by atoms with Gasteiger partial charge in [0.1, 0.15) is 17.8 Å². The van der Waals surface area contributed by atoms with Crippen molar-refractivity contribution in [2.45, 2.75) is 39.3 Å². The van der Waals surface area contributed by atoms with Crippen LogP contribution in [0.15, 0.2) is 0 Å². The van der Waals surface area contributed by atoms with Crippen LogP contribution in [0.2, 0.25) is 0 Å². The minimum absolute atomic E-state index is 0.131. The molecule has 1 atom stereocenters. The maximum atomic E-state index is 11.6. The fraction of sp³-hybridized carbons (Fsp3) is 0.571. The van der Waals surface area contributed by atoms with Gasteiger partial charge in [0, 0.05) is 12.3 Å². The predicted octanol–water partition coefficient (Wildman–Crippen LogP) is 2.33. The van der Waals surface area contributed by atoms with E-state index in [1.807, 2.05) is 18.4 Å². The molecule has 0 unspecified atom stereocenters. The van der Waals surface area contributed by atoms with E-state index in [0.29, 0.717) is 17.9 Å². The van der Waals surface area contributed by atoms with Crippen LogP contribution in [0, 0.1) is 25.2 Å². The molecule has 1 aromatic rings. The van der Waals surface area contributed by atoms with Crippen molar-refractivity contribution in [3.05, 3.63) is 16.8 Å². The minimum Gasteiger partial charge on any atom is -0.376 e. The Labute approximate surface area is 123 Å². The Kier molecular flexibility index (Phi) is 4.69. The van der Waals surface area contributed by atoms with Crippen LogP contribution in [0.3, 0.4) is 0 Å². The van der Waals surface area contributed by atoms with Crippen molar-refractivity contribution in [2.24, 2.45) is 0 Å². The molecule has 5 nitrogen and oxygen atoms in total. The molecular formula is C14H18ClN3O2. The fourth-order valence-corrected chi connectivity index (χ4v) is 2.58. The summed E-state index contributed by atoms with van der Waals surface area (Å²) in [7, 11) is 0. The summed E-state index contributed by atoms with van der Waals surface area (Å²) in [6.45, 7) is 5.25. The Morgan fingerprint density at radius 1 is 1.60 bits per heavy atom. The molecule has 1 aliphatic rings. The van der Waals surface area contributed by atoms with Gasteiger partial charge in [0.2, 0.25) is 5.91 Å². The molecule has 0 bridgehead atoms. The Balaban J connectivity index is 2.36. The first-order valence-electron chi connectivity index (χ1n) is 6.65. The first-order chi connectivity index (χ1) is 9.58. The Morgan fingerprint density at radius 3 is 2.90 bits per heavy atom. The monoisotopic (exact) mass is 295 g/mol. The molecule has 108 valence electrons. The summed E-state index contributed by atoms with van der Waals surface area (Å²) in [6, 6.07) is 2.16. The summed E-state index contributed by atoms with van der Waals surface area (Å²) >= 11 is 5.54. The van der Waals surface area contributed by atoms with Gasteiger partial charge in [0.25, 0.3) is 0 Å². The van der Waals surface area contributed by atoms with E-state index < -0.39 is 0 Å². The summed E-state index contributed by atoms with van der Waals surface area (Å²) < 4.78 is 7.59. The number of nitrogens with zero attached hydrogens (tertiary/aromatic N) is 2. The molecule has 1 aliphatic heterocycles. The number of nitrogens with one attached hydrogen (secondary N) is 1. The Morgan fingerprint density at radius 2 is 2.35 bits per heavy atom. The van der Waals surface area contributed by atoms with Crippen molar-refractivity contribution in [3.63, 3.8) is 0 Å². The highest BCUT2D eigenvalue weighted by Gasteiger charge is 2.23. The number of alkyl halides is 1. The van der Waals surface area contributed by atoms with Crippen LogP contribution in [-0.4, -0.2) is 29.1 Å². The number of hydrogen-bond acceptors (Lipinski definition) is 3. The third kappa shape index (κ3) is 2.82. The lowest BCUT2D eigenvalue weighted by molar-refractivity contribution is -0.114. The molecule has 1 N–H and O–H groups in total. The lowest BCUT2D eigenvalue weighted by atomic mass is 10.2. The maximum absolute atomic E-state index is 11.6. The standard InChI is InChI=1S/C14H18ClN3O2/c1-9-10(2)18(8-11-4-3-5-20-11)14(12(9)7-16)17-13(19)6-15/h11H,3-6,8H2,1-2H3,(H,17,19)/t11-/m1/s1. The smallest absolute Gasteiger partial charge is 0.240 e. The van der Waals surface area contributed by atoms with Crippen LogP contribution in [-0.2, 0) is 16.1 Å². The van der Waals surface area contributed by atoms with Crippen molar-refractivity contribution in [2.75, 3.05) is 17.8 Å². The quantitative estimate of drug-likeness (QED) is 0.867. The van der Waals surface area contributed by atoms with E-state index in [1.165, 1.54) is 0 Å². The largest absolute Gasteiger partial charge is 0.376 e. The van der Waals surface area contributed by atoms with Gasteiger partial charge in [-0.25, -0.2) is 0 Å². The molecule has 0 radical (unpaired) electrons. The molecular weight excluding hydrogens is 278 g/mol. The Hall–Kier alpha value is -1.51. The number of rotatable bonds is 4. The second kappa shape index (κ2) is 6.29. The Bertz CT molecular complexity index is 554. The van der Waals surface area contributed by atoms with Gasteiger partial charge in [-0.3, -0.25) is 4.79 Å². The molecule has 0 aromatic carbocycles. The van der Waals surface area contributed by atoms with Gasteiger partial charge in [0.15, 0.2) is 0 Å². The number of halogens is 1. The van der Waals surface area contributed by atoms with E-state index in [-0.39, 0.29) is 17.9 Å². The summed E-state index contributed by atoms with van der Waals surface area (Å²) in [4.78, 5) is 11.6. The maximum Gasteiger partial charge on any atom is 0.240 e. The SMILES string of the molecule is Cc1c(C#N)c(NC(=O)CCl)n(C[C@H]2CCCO2)c1C. The third-order valence-corrected chi connectivity index (χ3v) is 3.97. The molecule has 1 aromatic heterocycles. The van der Waals surface area contributed by atoms with Crippen LogP contribution < -0.4 is 5.32 Å². The summed E-state index contributed by atoms with van der Waals surface area (Å²) in [5.41, 5.74) is 2.36. The van der Waals surface area contributed by atoms with Crippen molar-refractivity contribution in [3.8, 4) is 6.07 Å². The number of carbonyl (C=O) groups excluding carboxylic acids is 1. The van der Waals surface area contributed by atoms with E-state index in [1.54, 1.807) is 0 Å². The lowest BCUT2D eigenvalue weighted by Gasteiger charge is -2.16. The van der Waals surface area contributed by atoms with Crippen LogP contribution in [0.5, 0.6) is 0 Å². The highest BCUT2D eigenvalue weighted by molar-refractivity contribution is 6.29. The zero-order valence-electron chi connectivity index (χ0n) is 11.7. The minimum atomic E-state index is -0.311. The van der Waals surface area contributed by atoms with E-state index in [9.17, 15) is 10.1 Å². The first-order valence-corrected chi connectivity index (χ1v) is 7.19. The van der Waals surface area contributed by atoms with Gasteiger partial charge in [-0.1, -0.05) is 0 Å². The van der Waals surface area contributed by atoms with Crippen molar-refractivity contribution in [1.82, 2.24) is 4.57 Å². The van der Waals surface area contributed by atoms with E-state index in [2.05, 4.69) is 11.4 Å². The average Bonchev–Trinajstić information content (AvgIpc) is 3.02. The highest BCUT2D eigenvalue weighted by Crippen LogP contribution is 2.28. The summed E-state index contributed by atoms with van der Waals surface area (Å²) in [5.74, 6) is 0.0894. The van der Waals surface area contributed by atoms with Crippen LogP contribution in [0.25, 0.3) is 0 Å². The number of anilines is 1. The van der Waals surface area contributed by atoms with E-state index in [4.69, 9.17) is 16.3 Å². The molecule has 2 rings (SSSR count). The molecule has 6 heteroatoms. The van der Waals surface area contributed by atoms with Gasteiger partial charge in [-0.15, -0.1) is 11.6 Å². The molecule has 2 heterocycles. The second-order valence-electron chi connectivity index (χ2n) is 4.97. The van der Waals surface area contributed by atoms with E-state index in [0.717, 1.165) is 30.7 Å². The number of ether oxygens (including phenoxy) is 1. The lowest BCUT2D eigenvalue weighted by Crippen LogP contribution is -2.21. The van der Waals surface area contributed by atoms with Gasteiger partial charge in [-0.2, -0.15) is 5.26 Å². The topological polar surface area (TPSA) is 67.0 Å². The molecule has 0 saturated carbocycles. The first kappa shape index (κ1) is 14.9. The van der Waals surface area contributed by atoms with Gasteiger partial charge in [0.05, 0.1) is 18.2 Å². The summed E-state index contributed by atoms with van der Waals surface area (Å²) in [6.07, 6.45) is 2.19. The van der Waals surface area contributed by atoms with Gasteiger partial charge >= 0.3 is 0 Å². The normalized spacial score (nSPS) is 18.0. The third-order valence-electron chi connectivity index (χ3n) is 3.73. The van der Waals surface area contributed by atoms with Crippen LogP contribution in [0.1, 0.15) is 29.7 Å². The molecule has 0 aliphatic carbocycles. The zero-order valence-corrected chi connectivity index (χ0v) is 12.5. The van der Waals surface area contributed by atoms with Crippen molar-refractivity contribution in [1.29, 1.82) is 5.26 Å². The number of carbonyl (C=O) groups is 1. The van der Waals surface area contributed by atoms with Gasteiger partial charge < -0.3 is 14.6 Å². The molecule has 1 fully saturated rings. The van der Waals surface area contributed by atoms with Crippen LogP contribution in [0.4, 0.5) is 5.82 Å². The molecule has 0 spiro atoms. The average molecular weight is 296 g/mol. The number of nitriles is 1. The van der Waals surface area contributed by atoms with Gasteiger partial charge in [-0.05, 0) is 32.3 Å². The number of hydrogen-bond donors (Lipinski definition) is 1. The van der Waals surface area contributed by atoms with Crippen molar-refractivity contribution < 1.29 is 9.53 Å². The van der Waals surface area contributed by atoms with E-state index >= 15 is 0 Å². The molecule has 1 amide bonds. The summed E-state index contributed by atoms with van der Waals surface area (Å²) in [5, 5.41) is 12.0. The van der Waals surface area contributed by atoms with Crippen molar-refractivity contribution >= 4 is 23.3 Å². The number of aromatic nitrogens is 1. The van der Waals surface area contributed by atoms with Crippen LogP contribution >= 0.6 is 11.6 Å². The fourth-order valence-electron chi connectivity index (χ4n) is 2.52.